The van der Waals surface area contributed by atoms with Crippen molar-refractivity contribution >= 4 is 5.97 Å². The van der Waals surface area contributed by atoms with Crippen LogP contribution in [0.1, 0.15) is 31.7 Å². The van der Waals surface area contributed by atoms with Gasteiger partial charge >= 0.3 is 5.97 Å². The molecule has 0 saturated heterocycles. The second-order valence-electron chi connectivity index (χ2n) is 5.76. The van der Waals surface area contributed by atoms with Crippen molar-refractivity contribution in [2.45, 2.75) is 38.8 Å². The number of ether oxygens (including phenoxy) is 2. The van der Waals surface area contributed by atoms with Crippen LogP contribution in [-0.4, -0.2) is 55.5 Å². The molecule has 6 heteroatoms. The van der Waals surface area contributed by atoms with Crippen molar-refractivity contribution in [1.29, 1.82) is 0 Å². The van der Waals surface area contributed by atoms with Crippen molar-refractivity contribution in [1.82, 2.24) is 4.90 Å². The molecule has 0 spiro atoms. The Morgan fingerprint density at radius 3 is 2.79 bits per heavy atom. The van der Waals surface area contributed by atoms with Crippen LogP contribution in [0.5, 0.6) is 0 Å². The average molecular weight is 341 g/mol. The molecule has 0 aliphatic rings. The van der Waals surface area contributed by atoms with Crippen molar-refractivity contribution in [2.24, 2.45) is 0 Å². The Hall–Kier alpha value is -1.50. The molecule has 24 heavy (non-hydrogen) atoms. The fourth-order valence-electron chi connectivity index (χ4n) is 2.35. The standard InChI is InChI=1S/C18H28FNO4/c1-3-7-18(22)24-14-16(21)13-20(10-6-11-23-2)12-15-8-4-5-9-17(15)19/h4-5,8-9,16,21H,3,6-7,10-14H2,1-2H3. The fraction of sp³-hybridized carbons (Fsp3) is 0.611. The van der Waals surface area contributed by atoms with E-state index in [1.54, 1.807) is 25.3 Å². The summed E-state index contributed by atoms with van der Waals surface area (Å²) in [5.41, 5.74) is 0.574. The topological polar surface area (TPSA) is 59.0 Å². The van der Waals surface area contributed by atoms with E-state index < -0.39 is 6.10 Å². The van der Waals surface area contributed by atoms with Gasteiger partial charge in [0, 0.05) is 45.3 Å². The number of aliphatic hydroxyl groups excluding tert-OH is 1. The van der Waals surface area contributed by atoms with Crippen LogP contribution in [0.2, 0.25) is 0 Å². The molecule has 1 rings (SSSR count). The first-order valence-electron chi connectivity index (χ1n) is 8.35. The molecule has 0 amide bonds. The highest BCUT2D eigenvalue weighted by Gasteiger charge is 2.15. The number of esters is 1. The summed E-state index contributed by atoms with van der Waals surface area (Å²) in [6, 6.07) is 6.59. The first kappa shape index (κ1) is 20.5. The monoisotopic (exact) mass is 341 g/mol. The van der Waals surface area contributed by atoms with Gasteiger partial charge < -0.3 is 14.6 Å². The predicted octanol–water partition coefficient (Wildman–Crippen LogP) is 2.37. The lowest BCUT2D eigenvalue weighted by Crippen LogP contribution is -2.36. The minimum atomic E-state index is -0.805. The summed E-state index contributed by atoms with van der Waals surface area (Å²) < 4.78 is 23.9. The van der Waals surface area contributed by atoms with E-state index in [0.29, 0.717) is 44.6 Å². The quantitative estimate of drug-likeness (QED) is 0.467. The number of benzene rings is 1. The number of hydrogen-bond donors (Lipinski definition) is 1. The zero-order valence-corrected chi connectivity index (χ0v) is 14.5. The molecule has 1 N–H and O–H groups in total. The maximum atomic E-state index is 13.8. The third-order valence-corrected chi connectivity index (χ3v) is 3.53. The van der Waals surface area contributed by atoms with E-state index in [0.717, 1.165) is 6.42 Å². The molecule has 1 aromatic carbocycles. The molecule has 0 aliphatic heterocycles. The van der Waals surface area contributed by atoms with Crippen LogP contribution in [0.3, 0.4) is 0 Å². The highest BCUT2D eigenvalue weighted by Crippen LogP contribution is 2.11. The van der Waals surface area contributed by atoms with Gasteiger partial charge in [0.1, 0.15) is 18.5 Å². The molecule has 5 nitrogen and oxygen atoms in total. The minimum absolute atomic E-state index is 0.0448. The highest BCUT2D eigenvalue weighted by molar-refractivity contribution is 5.69. The predicted molar refractivity (Wildman–Crippen MR) is 90.0 cm³/mol. The summed E-state index contributed by atoms with van der Waals surface area (Å²) in [7, 11) is 1.63. The molecule has 0 heterocycles. The Labute approximate surface area is 143 Å². The number of carbonyl (C=O) groups is 1. The fourth-order valence-corrected chi connectivity index (χ4v) is 2.35. The largest absolute Gasteiger partial charge is 0.463 e. The van der Waals surface area contributed by atoms with Gasteiger partial charge in [0.2, 0.25) is 0 Å². The average Bonchev–Trinajstić information content (AvgIpc) is 2.55. The third-order valence-electron chi connectivity index (χ3n) is 3.53. The normalized spacial score (nSPS) is 12.4. The van der Waals surface area contributed by atoms with E-state index >= 15 is 0 Å². The molecule has 0 fully saturated rings. The van der Waals surface area contributed by atoms with Gasteiger partial charge in [-0.1, -0.05) is 25.1 Å². The van der Waals surface area contributed by atoms with Gasteiger partial charge in [0.25, 0.3) is 0 Å². The molecule has 1 unspecified atom stereocenters. The molecular formula is C18H28FNO4. The van der Waals surface area contributed by atoms with Crippen LogP contribution < -0.4 is 0 Å². The zero-order chi connectivity index (χ0) is 17.8. The van der Waals surface area contributed by atoms with Gasteiger partial charge in [-0.05, 0) is 18.9 Å². The first-order chi connectivity index (χ1) is 11.6. The molecule has 0 aliphatic carbocycles. The number of halogens is 1. The Morgan fingerprint density at radius 2 is 2.12 bits per heavy atom. The summed E-state index contributed by atoms with van der Waals surface area (Å²) in [6.45, 7) is 3.78. The maximum Gasteiger partial charge on any atom is 0.305 e. The second-order valence-corrected chi connectivity index (χ2v) is 5.76. The van der Waals surface area contributed by atoms with E-state index in [2.05, 4.69) is 0 Å². The van der Waals surface area contributed by atoms with E-state index in [9.17, 15) is 14.3 Å². The van der Waals surface area contributed by atoms with Crippen molar-refractivity contribution < 1.29 is 23.8 Å². The summed E-state index contributed by atoms with van der Waals surface area (Å²) in [4.78, 5) is 13.3. The van der Waals surface area contributed by atoms with E-state index in [4.69, 9.17) is 9.47 Å². The first-order valence-corrected chi connectivity index (χ1v) is 8.35. The van der Waals surface area contributed by atoms with E-state index in [1.807, 2.05) is 11.8 Å². The molecule has 0 aromatic heterocycles. The van der Waals surface area contributed by atoms with Crippen LogP contribution >= 0.6 is 0 Å². The number of carbonyl (C=O) groups excluding carboxylic acids is 1. The van der Waals surface area contributed by atoms with Crippen molar-refractivity contribution in [2.75, 3.05) is 33.4 Å². The molecule has 1 atom stereocenters. The Kier molecular flexibility index (Phi) is 10.2. The summed E-state index contributed by atoms with van der Waals surface area (Å²) in [5, 5.41) is 10.1. The van der Waals surface area contributed by atoms with Crippen molar-refractivity contribution in [3.05, 3.63) is 35.6 Å². The second kappa shape index (κ2) is 11.9. The number of hydrogen-bond acceptors (Lipinski definition) is 5. The minimum Gasteiger partial charge on any atom is -0.463 e. The van der Waals surface area contributed by atoms with Crippen LogP contribution in [0, 0.1) is 5.82 Å². The third kappa shape index (κ3) is 8.38. The van der Waals surface area contributed by atoms with Gasteiger partial charge in [-0.3, -0.25) is 9.69 Å². The smallest absolute Gasteiger partial charge is 0.305 e. The number of methoxy groups -OCH3 is 1. The Morgan fingerprint density at radius 1 is 1.38 bits per heavy atom. The summed E-state index contributed by atoms with van der Waals surface area (Å²) >= 11 is 0. The summed E-state index contributed by atoms with van der Waals surface area (Å²) in [6.07, 6.45) is 1.03. The molecule has 1 aromatic rings. The summed E-state index contributed by atoms with van der Waals surface area (Å²) in [5.74, 6) is -0.574. The SMILES string of the molecule is CCCC(=O)OCC(O)CN(CCCOC)Cc1ccccc1F. The molecule has 0 saturated carbocycles. The number of aliphatic hydroxyl groups is 1. The molecule has 136 valence electrons. The van der Waals surface area contributed by atoms with Crippen molar-refractivity contribution in [3.8, 4) is 0 Å². The maximum absolute atomic E-state index is 13.8. The zero-order valence-electron chi connectivity index (χ0n) is 14.5. The lowest BCUT2D eigenvalue weighted by Gasteiger charge is -2.25. The highest BCUT2D eigenvalue weighted by atomic mass is 19.1. The Balaban J connectivity index is 2.54. The number of nitrogens with zero attached hydrogens (tertiary/aromatic N) is 1. The lowest BCUT2D eigenvalue weighted by molar-refractivity contribution is -0.147. The van der Waals surface area contributed by atoms with E-state index in [1.165, 1.54) is 6.07 Å². The van der Waals surface area contributed by atoms with Crippen LogP contribution in [0.25, 0.3) is 0 Å². The molecule has 0 bridgehead atoms. The van der Waals surface area contributed by atoms with Crippen LogP contribution in [0.15, 0.2) is 24.3 Å². The molecule has 0 radical (unpaired) electrons. The van der Waals surface area contributed by atoms with Crippen LogP contribution in [-0.2, 0) is 20.8 Å². The lowest BCUT2D eigenvalue weighted by atomic mass is 10.2. The van der Waals surface area contributed by atoms with Gasteiger partial charge in [-0.15, -0.1) is 0 Å². The van der Waals surface area contributed by atoms with Crippen LogP contribution in [0.4, 0.5) is 4.39 Å². The van der Waals surface area contributed by atoms with Crippen molar-refractivity contribution in [3.63, 3.8) is 0 Å². The van der Waals surface area contributed by atoms with E-state index in [-0.39, 0.29) is 18.4 Å². The van der Waals surface area contributed by atoms with Gasteiger partial charge in [0.05, 0.1) is 0 Å². The van der Waals surface area contributed by atoms with Gasteiger partial charge in [-0.25, -0.2) is 4.39 Å². The molecular weight excluding hydrogens is 313 g/mol. The Bertz CT molecular complexity index is 484. The number of rotatable bonds is 12. The van der Waals surface area contributed by atoms with Gasteiger partial charge in [0.15, 0.2) is 0 Å². The van der Waals surface area contributed by atoms with Gasteiger partial charge in [-0.2, -0.15) is 0 Å².